The van der Waals surface area contributed by atoms with E-state index in [9.17, 15) is 18.3 Å². The smallest absolute Gasteiger partial charge is 0.410 e. The van der Waals surface area contributed by atoms with Gasteiger partial charge in [-0.05, 0) is 62.4 Å². The van der Waals surface area contributed by atoms with Gasteiger partial charge in [0.25, 0.3) is 0 Å². The van der Waals surface area contributed by atoms with Gasteiger partial charge in [0.05, 0.1) is 29.8 Å². The van der Waals surface area contributed by atoms with Crippen molar-refractivity contribution in [3.05, 3.63) is 58.1 Å². The molecule has 7 rings (SSSR count). The summed E-state index contributed by atoms with van der Waals surface area (Å²) in [4.78, 5) is 14.9. The SMILES string of the molecule is CC(C)CN(C[C@H]1OC(C)(C)N(C(=O)O)[C@@]1(Cc1ccc(OCc2nnsc2Cl)cc1)C1COC2OCCC21)S(=O)(=O)c1ccc2c(c1)OCO2. The summed E-state index contributed by atoms with van der Waals surface area (Å²) in [5, 5.41) is 15.0. The van der Waals surface area contributed by atoms with E-state index in [0.717, 1.165) is 17.1 Å². The third kappa shape index (κ3) is 6.75. The Balaban J connectivity index is 1.28. The summed E-state index contributed by atoms with van der Waals surface area (Å²) in [6, 6.07) is 11.9. The van der Waals surface area contributed by atoms with Crippen molar-refractivity contribution in [2.45, 2.75) is 75.7 Å². The van der Waals surface area contributed by atoms with Gasteiger partial charge < -0.3 is 33.5 Å². The summed E-state index contributed by atoms with van der Waals surface area (Å²) < 4.78 is 70.3. The molecule has 3 fully saturated rings. The van der Waals surface area contributed by atoms with Crippen LogP contribution in [0.3, 0.4) is 0 Å². The van der Waals surface area contributed by atoms with Crippen LogP contribution in [0, 0.1) is 17.8 Å². The van der Waals surface area contributed by atoms with Crippen LogP contribution in [0.5, 0.6) is 17.2 Å². The van der Waals surface area contributed by atoms with Crippen LogP contribution in [0.15, 0.2) is 47.4 Å². The summed E-state index contributed by atoms with van der Waals surface area (Å²) in [5.74, 6) is 0.818. The second-order valence-corrected chi connectivity index (χ2v) is 17.4. The van der Waals surface area contributed by atoms with Crippen LogP contribution in [0.1, 0.15) is 45.4 Å². The molecule has 5 heterocycles. The van der Waals surface area contributed by atoms with Crippen molar-refractivity contribution in [3.8, 4) is 17.2 Å². The van der Waals surface area contributed by atoms with E-state index < -0.39 is 39.8 Å². The van der Waals surface area contributed by atoms with Crippen LogP contribution in [0.4, 0.5) is 4.79 Å². The Morgan fingerprint density at radius 3 is 2.63 bits per heavy atom. The van der Waals surface area contributed by atoms with Crippen LogP contribution >= 0.6 is 23.1 Å². The zero-order valence-electron chi connectivity index (χ0n) is 28.7. The highest BCUT2D eigenvalue weighted by Crippen LogP contribution is 2.53. The first-order valence-corrected chi connectivity index (χ1v) is 19.4. The number of amides is 1. The largest absolute Gasteiger partial charge is 0.487 e. The minimum Gasteiger partial charge on any atom is -0.487 e. The number of aromatic nitrogens is 2. The molecule has 3 aromatic rings. The number of ether oxygens (including phenoxy) is 6. The molecule has 4 aliphatic heterocycles. The summed E-state index contributed by atoms with van der Waals surface area (Å²) in [6.45, 7) is 8.20. The van der Waals surface area contributed by atoms with E-state index in [4.69, 9.17) is 40.0 Å². The molecule has 4 aliphatic rings. The number of carboxylic acid groups (broad SMARTS) is 1. The van der Waals surface area contributed by atoms with E-state index >= 15 is 0 Å². The summed E-state index contributed by atoms with van der Waals surface area (Å²) >= 11 is 7.23. The summed E-state index contributed by atoms with van der Waals surface area (Å²) in [6.07, 6.45) is -1.67. The predicted octanol–water partition coefficient (Wildman–Crippen LogP) is 5.25. The monoisotopic (exact) mass is 764 g/mol. The van der Waals surface area contributed by atoms with Gasteiger partial charge in [-0.2, -0.15) is 4.31 Å². The quantitative estimate of drug-likeness (QED) is 0.256. The molecule has 0 spiro atoms. The van der Waals surface area contributed by atoms with Crippen LogP contribution in [0.2, 0.25) is 4.34 Å². The normalized spacial score (nSPS) is 26.7. The molecule has 3 saturated heterocycles. The Morgan fingerprint density at radius 2 is 1.92 bits per heavy atom. The van der Waals surface area contributed by atoms with E-state index in [1.54, 1.807) is 32.0 Å². The molecule has 3 unspecified atom stereocenters. The Morgan fingerprint density at radius 1 is 1.16 bits per heavy atom. The highest BCUT2D eigenvalue weighted by molar-refractivity contribution is 7.89. The van der Waals surface area contributed by atoms with Crippen LogP contribution < -0.4 is 14.2 Å². The molecule has 0 aliphatic carbocycles. The van der Waals surface area contributed by atoms with Crippen LogP contribution in [0.25, 0.3) is 0 Å². The molecule has 2 aromatic carbocycles. The number of sulfonamides is 1. The van der Waals surface area contributed by atoms with Crippen molar-refractivity contribution >= 4 is 39.2 Å². The van der Waals surface area contributed by atoms with E-state index in [1.165, 1.54) is 21.3 Å². The second kappa shape index (κ2) is 14.0. The molecular weight excluding hydrogens is 724 g/mol. The molecule has 17 heteroatoms. The second-order valence-electron chi connectivity index (χ2n) is 14.1. The minimum atomic E-state index is -4.12. The van der Waals surface area contributed by atoms with Crippen LogP contribution in [-0.2, 0) is 37.3 Å². The lowest BCUT2D eigenvalue weighted by molar-refractivity contribution is -0.0907. The van der Waals surface area contributed by atoms with Gasteiger partial charge >= 0.3 is 6.09 Å². The first-order chi connectivity index (χ1) is 24.3. The van der Waals surface area contributed by atoms with E-state index in [0.29, 0.717) is 40.3 Å². The Hall–Kier alpha value is -3.25. The number of rotatable bonds is 12. The van der Waals surface area contributed by atoms with Crippen molar-refractivity contribution in [1.29, 1.82) is 0 Å². The zero-order chi connectivity index (χ0) is 36.1. The topological polar surface area (TPSA) is 159 Å². The Kier molecular flexibility index (Phi) is 9.88. The first-order valence-electron chi connectivity index (χ1n) is 16.8. The van der Waals surface area contributed by atoms with Crippen molar-refractivity contribution < 1.29 is 46.7 Å². The van der Waals surface area contributed by atoms with Crippen LogP contribution in [-0.4, -0.2) is 95.2 Å². The fraction of sp³-hybridized carbons (Fsp3) is 0.559. The zero-order valence-corrected chi connectivity index (χ0v) is 31.1. The van der Waals surface area contributed by atoms with E-state index in [2.05, 4.69) is 9.59 Å². The number of fused-ring (bicyclic) bond motifs is 2. The molecular formula is C34H41ClN4O10S2. The van der Waals surface area contributed by atoms with Gasteiger partial charge in [0.15, 0.2) is 17.8 Å². The van der Waals surface area contributed by atoms with Gasteiger partial charge in [-0.15, -0.1) is 5.10 Å². The third-order valence-electron chi connectivity index (χ3n) is 10.0. The molecule has 0 radical (unpaired) electrons. The maximum absolute atomic E-state index is 14.5. The number of carbonyl (C=O) groups is 1. The lowest BCUT2D eigenvalue weighted by Gasteiger charge is -2.47. The van der Waals surface area contributed by atoms with Gasteiger partial charge in [-0.25, -0.2) is 13.2 Å². The minimum absolute atomic E-state index is 0.00709. The maximum atomic E-state index is 14.5. The summed E-state index contributed by atoms with van der Waals surface area (Å²) in [5.41, 5.74) is -1.23. The highest BCUT2D eigenvalue weighted by atomic mass is 35.5. The molecule has 1 N–H and O–H groups in total. The molecule has 14 nitrogen and oxygen atoms in total. The average molecular weight is 765 g/mol. The average Bonchev–Trinajstić information content (AvgIpc) is 3.90. The third-order valence-corrected chi connectivity index (χ3v) is 12.8. The van der Waals surface area contributed by atoms with Crippen molar-refractivity contribution in [1.82, 2.24) is 18.8 Å². The summed E-state index contributed by atoms with van der Waals surface area (Å²) in [7, 11) is -4.12. The molecule has 276 valence electrons. The van der Waals surface area contributed by atoms with Gasteiger partial charge in [-0.3, -0.25) is 4.90 Å². The maximum Gasteiger partial charge on any atom is 0.410 e. The predicted molar refractivity (Wildman–Crippen MR) is 184 cm³/mol. The number of benzene rings is 2. The molecule has 1 amide bonds. The van der Waals surface area contributed by atoms with E-state index in [-0.39, 0.29) is 62.2 Å². The van der Waals surface area contributed by atoms with Gasteiger partial charge in [0.1, 0.15) is 28.1 Å². The molecule has 0 bridgehead atoms. The first kappa shape index (κ1) is 36.1. The molecule has 5 atom stereocenters. The number of halogens is 1. The number of nitrogens with zero attached hydrogens (tertiary/aromatic N) is 4. The standard InChI is InChI=1S/C34H41ClN4O10S2/c1-20(2)15-38(51(42,43)23-9-10-27-28(13-23)48-19-47-27)16-29-34(39(32(40)41)33(3,4)49-29,25-17-46-31-24(25)11-12-44-31)14-21-5-7-22(8-6-21)45-18-26-30(35)50-37-36-26/h5-10,13,20,24-25,29,31H,11-12,14-19H2,1-4H3,(H,40,41)/t24?,25?,29-,31?,34+/m1/s1. The lowest BCUT2D eigenvalue weighted by atomic mass is 9.69. The van der Waals surface area contributed by atoms with E-state index in [1.807, 2.05) is 26.0 Å². The fourth-order valence-electron chi connectivity index (χ4n) is 7.97. The number of hydrogen-bond donors (Lipinski definition) is 1. The lowest BCUT2D eigenvalue weighted by Crippen LogP contribution is -2.65. The van der Waals surface area contributed by atoms with Gasteiger partial charge in [0, 0.05) is 42.5 Å². The van der Waals surface area contributed by atoms with Crippen molar-refractivity contribution in [2.24, 2.45) is 17.8 Å². The number of hydrogen-bond acceptors (Lipinski definition) is 12. The van der Waals surface area contributed by atoms with Crippen molar-refractivity contribution in [3.63, 3.8) is 0 Å². The fourth-order valence-corrected chi connectivity index (χ4v) is 10.2. The Labute approximate surface area is 305 Å². The molecule has 51 heavy (non-hydrogen) atoms. The van der Waals surface area contributed by atoms with Gasteiger partial charge in [0.2, 0.25) is 16.8 Å². The Bertz CT molecular complexity index is 1860. The molecule has 1 aromatic heterocycles. The highest BCUT2D eigenvalue weighted by Gasteiger charge is 2.67. The van der Waals surface area contributed by atoms with Gasteiger partial charge in [-0.1, -0.05) is 42.1 Å². The van der Waals surface area contributed by atoms with Crippen molar-refractivity contribution in [2.75, 3.05) is 33.1 Å². The molecule has 0 saturated carbocycles.